The average molecular weight is 495 g/mol. The topological polar surface area (TPSA) is 67.1 Å². The van der Waals surface area contributed by atoms with E-state index in [4.69, 9.17) is 23.4 Å². The number of hydrogen-bond donors (Lipinski definition) is 0. The van der Waals surface area contributed by atoms with E-state index in [1.54, 1.807) is 38.5 Å². The van der Waals surface area contributed by atoms with Crippen LogP contribution in [0.25, 0.3) is 22.3 Å². The van der Waals surface area contributed by atoms with Gasteiger partial charge in [-0.3, -0.25) is 4.79 Å². The number of fused-ring (bicyclic) bond motifs is 1. The Hall–Kier alpha value is -4.71. The van der Waals surface area contributed by atoms with Crippen LogP contribution in [0.3, 0.4) is 0 Å². The van der Waals surface area contributed by atoms with Crippen molar-refractivity contribution in [2.45, 2.75) is 13.2 Å². The smallest absolute Gasteiger partial charge is 0.197 e. The van der Waals surface area contributed by atoms with Crippen molar-refractivity contribution >= 4 is 11.0 Å². The molecular formula is C31H26O6. The molecule has 0 aliphatic heterocycles. The van der Waals surface area contributed by atoms with Crippen LogP contribution >= 0.6 is 0 Å². The maximum absolute atomic E-state index is 13.3. The molecular weight excluding hydrogens is 468 g/mol. The molecule has 6 heteroatoms. The highest BCUT2D eigenvalue weighted by atomic mass is 16.5. The van der Waals surface area contributed by atoms with Crippen LogP contribution in [0, 0.1) is 0 Å². The van der Waals surface area contributed by atoms with Crippen molar-refractivity contribution in [2.75, 3.05) is 14.2 Å². The molecule has 0 aliphatic rings. The first-order valence-corrected chi connectivity index (χ1v) is 11.8. The Bertz CT molecular complexity index is 1560. The van der Waals surface area contributed by atoms with E-state index in [-0.39, 0.29) is 5.43 Å². The summed E-state index contributed by atoms with van der Waals surface area (Å²) in [7, 11) is 3.13. The molecule has 0 bridgehead atoms. The molecule has 6 nitrogen and oxygen atoms in total. The third-order valence-electron chi connectivity index (χ3n) is 5.92. The number of methoxy groups -OCH3 is 2. The minimum absolute atomic E-state index is 0.219. The average Bonchev–Trinajstić information content (AvgIpc) is 2.95. The highest BCUT2D eigenvalue weighted by Crippen LogP contribution is 2.35. The summed E-state index contributed by atoms with van der Waals surface area (Å²) in [6.07, 6.45) is 0. The molecule has 0 unspecified atom stereocenters. The van der Waals surface area contributed by atoms with E-state index in [2.05, 4.69) is 0 Å². The van der Waals surface area contributed by atoms with Crippen molar-refractivity contribution in [3.63, 3.8) is 0 Å². The molecule has 0 saturated carbocycles. The second kappa shape index (κ2) is 10.9. The van der Waals surface area contributed by atoms with Crippen LogP contribution in [0.4, 0.5) is 0 Å². The zero-order chi connectivity index (χ0) is 25.6. The quantitative estimate of drug-likeness (QED) is 0.229. The standard InChI is InChI=1S/C31H26O6/c1-33-26-14-13-23(15-28(26)34-2)27-18-25(32)31-29(36-20-22-11-7-4-8-12-22)16-24(17-30(31)37-27)35-19-21-9-5-3-6-10-21/h3-18H,19-20H2,1-2H3. The molecule has 0 spiro atoms. The molecule has 186 valence electrons. The molecule has 0 atom stereocenters. The van der Waals surface area contributed by atoms with Gasteiger partial charge in [0, 0.05) is 23.8 Å². The molecule has 0 N–H and O–H groups in total. The van der Waals surface area contributed by atoms with Crippen molar-refractivity contribution in [1.82, 2.24) is 0 Å². The van der Waals surface area contributed by atoms with Crippen LogP contribution in [-0.4, -0.2) is 14.2 Å². The fourth-order valence-corrected chi connectivity index (χ4v) is 4.03. The van der Waals surface area contributed by atoms with E-state index >= 15 is 0 Å². The normalized spacial score (nSPS) is 10.8. The van der Waals surface area contributed by atoms with E-state index in [9.17, 15) is 4.79 Å². The van der Waals surface area contributed by atoms with Gasteiger partial charge in [0.05, 0.1) is 14.2 Å². The fraction of sp³-hybridized carbons (Fsp3) is 0.129. The van der Waals surface area contributed by atoms with Crippen molar-refractivity contribution in [3.05, 3.63) is 118 Å². The lowest BCUT2D eigenvalue weighted by atomic mass is 10.1. The van der Waals surface area contributed by atoms with E-state index < -0.39 is 0 Å². The Balaban J connectivity index is 1.56. The van der Waals surface area contributed by atoms with Crippen molar-refractivity contribution in [1.29, 1.82) is 0 Å². The van der Waals surface area contributed by atoms with Crippen LogP contribution < -0.4 is 24.4 Å². The summed E-state index contributed by atoms with van der Waals surface area (Å²) in [4.78, 5) is 13.3. The largest absolute Gasteiger partial charge is 0.493 e. The van der Waals surface area contributed by atoms with Gasteiger partial charge in [-0.25, -0.2) is 0 Å². The van der Waals surface area contributed by atoms with Crippen molar-refractivity contribution in [2.24, 2.45) is 0 Å². The molecule has 0 aliphatic carbocycles. The Morgan fingerprint density at radius 3 is 1.95 bits per heavy atom. The van der Waals surface area contributed by atoms with Gasteiger partial charge in [0.2, 0.25) is 0 Å². The second-order valence-corrected chi connectivity index (χ2v) is 8.39. The van der Waals surface area contributed by atoms with E-state index in [1.807, 2.05) is 66.7 Å². The molecule has 1 heterocycles. The van der Waals surface area contributed by atoms with Crippen LogP contribution in [0.5, 0.6) is 23.0 Å². The fourth-order valence-electron chi connectivity index (χ4n) is 4.03. The summed E-state index contributed by atoms with van der Waals surface area (Å²) in [5.41, 5.74) is 2.83. The monoisotopic (exact) mass is 494 g/mol. The van der Waals surface area contributed by atoms with Gasteiger partial charge in [0.25, 0.3) is 0 Å². The summed E-state index contributed by atoms with van der Waals surface area (Å²) in [6.45, 7) is 0.666. The van der Waals surface area contributed by atoms with E-state index in [1.165, 1.54) is 6.07 Å². The first-order valence-electron chi connectivity index (χ1n) is 11.8. The first kappa shape index (κ1) is 24.0. The molecule has 37 heavy (non-hydrogen) atoms. The zero-order valence-corrected chi connectivity index (χ0v) is 20.6. The van der Waals surface area contributed by atoms with Gasteiger partial charge in [-0.2, -0.15) is 0 Å². The van der Waals surface area contributed by atoms with Gasteiger partial charge in [0.1, 0.15) is 41.4 Å². The van der Waals surface area contributed by atoms with Crippen LogP contribution in [-0.2, 0) is 13.2 Å². The Labute approximate surface area is 214 Å². The van der Waals surface area contributed by atoms with Gasteiger partial charge in [-0.1, -0.05) is 60.7 Å². The molecule has 5 rings (SSSR count). The highest BCUT2D eigenvalue weighted by molar-refractivity contribution is 5.86. The molecule has 0 amide bonds. The van der Waals surface area contributed by atoms with E-state index in [0.717, 1.165) is 11.1 Å². The summed E-state index contributed by atoms with van der Waals surface area (Å²) >= 11 is 0. The summed E-state index contributed by atoms with van der Waals surface area (Å²) in [5, 5.41) is 0.354. The Kier molecular flexibility index (Phi) is 7.08. The molecule has 5 aromatic rings. The molecule has 0 fully saturated rings. The maximum Gasteiger partial charge on any atom is 0.197 e. The van der Waals surface area contributed by atoms with Crippen molar-refractivity contribution < 1.29 is 23.4 Å². The summed E-state index contributed by atoms with van der Waals surface area (Å²) in [5.74, 6) is 2.45. The predicted molar refractivity (Wildman–Crippen MR) is 143 cm³/mol. The predicted octanol–water partition coefficient (Wildman–Crippen LogP) is 6.64. The Morgan fingerprint density at radius 1 is 0.649 bits per heavy atom. The van der Waals surface area contributed by atoms with Crippen LogP contribution in [0.15, 0.2) is 106 Å². The lowest BCUT2D eigenvalue weighted by molar-refractivity contribution is 0.292. The third-order valence-corrected chi connectivity index (χ3v) is 5.92. The van der Waals surface area contributed by atoms with Crippen LogP contribution in [0.2, 0.25) is 0 Å². The lowest BCUT2D eigenvalue weighted by Crippen LogP contribution is -2.06. The third kappa shape index (κ3) is 5.43. The molecule has 1 aromatic heterocycles. The van der Waals surface area contributed by atoms with Gasteiger partial charge in [-0.15, -0.1) is 0 Å². The molecule has 4 aromatic carbocycles. The number of hydrogen-bond acceptors (Lipinski definition) is 6. The number of benzene rings is 4. The van der Waals surface area contributed by atoms with Crippen molar-refractivity contribution in [3.8, 4) is 34.3 Å². The second-order valence-electron chi connectivity index (χ2n) is 8.39. The number of ether oxygens (including phenoxy) is 4. The number of rotatable bonds is 9. The molecule has 0 saturated heterocycles. The summed E-state index contributed by atoms with van der Waals surface area (Å²) in [6, 6.07) is 29.9. The summed E-state index contributed by atoms with van der Waals surface area (Å²) < 4.78 is 29.2. The minimum Gasteiger partial charge on any atom is -0.493 e. The van der Waals surface area contributed by atoms with Gasteiger partial charge < -0.3 is 23.4 Å². The van der Waals surface area contributed by atoms with Gasteiger partial charge >= 0.3 is 0 Å². The minimum atomic E-state index is -0.219. The van der Waals surface area contributed by atoms with E-state index in [0.29, 0.717) is 58.5 Å². The first-order chi connectivity index (χ1) is 18.1. The highest BCUT2D eigenvalue weighted by Gasteiger charge is 2.16. The van der Waals surface area contributed by atoms with Gasteiger partial charge in [-0.05, 0) is 29.3 Å². The lowest BCUT2D eigenvalue weighted by Gasteiger charge is -2.14. The van der Waals surface area contributed by atoms with Crippen LogP contribution in [0.1, 0.15) is 11.1 Å². The zero-order valence-electron chi connectivity index (χ0n) is 20.6. The van der Waals surface area contributed by atoms with Gasteiger partial charge in [0.15, 0.2) is 16.9 Å². The molecule has 0 radical (unpaired) electrons. The SMILES string of the molecule is COc1ccc(-c2cc(=O)c3c(OCc4ccccc4)cc(OCc4ccccc4)cc3o2)cc1OC. The Morgan fingerprint density at radius 2 is 1.30 bits per heavy atom. The maximum atomic E-state index is 13.3.